The number of unbranched alkanes of at least 4 members (excludes halogenated alkanes) is 9. The van der Waals surface area contributed by atoms with E-state index in [1.807, 2.05) is 0 Å². The minimum absolute atomic E-state index is 0.0392. The topological polar surface area (TPSA) is 81.8 Å². The second kappa shape index (κ2) is 19.3. The van der Waals surface area contributed by atoms with Gasteiger partial charge in [0.15, 0.2) is 0 Å². The monoisotopic (exact) mass is 389 g/mol. The summed E-state index contributed by atoms with van der Waals surface area (Å²) in [5, 5.41) is 0. The highest BCUT2D eigenvalue weighted by Crippen LogP contribution is 2.42. The van der Waals surface area contributed by atoms with Crippen molar-refractivity contribution in [3.63, 3.8) is 0 Å². The quantitative estimate of drug-likeness (QED) is 0.163. The maximum Gasteiger partial charge on any atom is 0.472 e. The first-order valence-electron chi connectivity index (χ1n) is 10.2. The number of rotatable bonds is 19. The van der Waals surface area contributed by atoms with E-state index >= 15 is 0 Å². The fourth-order valence-corrected chi connectivity index (χ4v) is 3.25. The van der Waals surface area contributed by atoms with E-state index in [-0.39, 0.29) is 19.8 Å². The lowest BCUT2D eigenvalue weighted by atomic mass is 10.1. The van der Waals surface area contributed by atoms with Crippen molar-refractivity contribution in [1.29, 1.82) is 0 Å². The first-order valence-corrected chi connectivity index (χ1v) is 11.7. The summed E-state index contributed by atoms with van der Waals surface area (Å²) in [6.07, 6.45) is 23.0. The van der Waals surface area contributed by atoms with E-state index in [1.54, 1.807) is 0 Å². The molecule has 0 bridgehead atoms. The third-order valence-corrected chi connectivity index (χ3v) is 4.99. The van der Waals surface area contributed by atoms with Crippen LogP contribution in [-0.2, 0) is 13.6 Å². The average Bonchev–Trinajstić information content (AvgIpc) is 2.62. The molecule has 5 nitrogen and oxygen atoms in total. The molecule has 0 heterocycles. The molecule has 1 atom stereocenters. The molecule has 0 fully saturated rings. The van der Waals surface area contributed by atoms with Crippen molar-refractivity contribution in [1.82, 2.24) is 0 Å². The number of phosphoric acid groups is 1. The summed E-state index contributed by atoms with van der Waals surface area (Å²) >= 11 is 0. The SMILES string of the molecule is CCCCC/C=C\C/C=C\CCCCCCCCOP(=O)(O)OCCN. The van der Waals surface area contributed by atoms with Crippen molar-refractivity contribution in [2.75, 3.05) is 19.8 Å². The van der Waals surface area contributed by atoms with Gasteiger partial charge in [-0.25, -0.2) is 4.57 Å². The molecule has 0 saturated heterocycles. The molecule has 0 aliphatic carbocycles. The molecule has 0 spiro atoms. The first kappa shape index (κ1) is 25.6. The van der Waals surface area contributed by atoms with E-state index in [2.05, 4.69) is 35.8 Å². The van der Waals surface area contributed by atoms with Gasteiger partial charge in [0.25, 0.3) is 0 Å². The summed E-state index contributed by atoms with van der Waals surface area (Å²) < 4.78 is 20.9. The lowest BCUT2D eigenvalue weighted by molar-refractivity contribution is 0.150. The Morgan fingerprint density at radius 3 is 1.96 bits per heavy atom. The molecule has 0 aromatic rings. The Morgan fingerprint density at radius 2 is 1.35 bits per heavy atom. The van der Waals surface area contributed by atoms with Crippen molar-refractivity contribution in [2.45, 2.75) is 84.0 Å². The second-order valence-electron chi connectivity index (χ2n) is 6.51. The van der Waals surface area contributed by atoms with Gasteiger partial charge in [-0.05, 0) is 38.5 Å². The van der Waals surface area contributed by atoms with Gasteiger partial charge in [-0.3, -0.25) is 9.05 Å². The smallest absolute Gasteiger partial charge is 0.328 e. The maximum atomic E-state index is 11.4. The Bertz CT molecular complexity index is 399. The minimum atomic E-state index is -3.89. The molecule has 26 heavy (non-hydrogen) atoms. The summed E-state index contributed by atoms with van der Waals surface area (Å²) in [6.45, 7) is 2.74. The van der Waals surface area contributed by atoms with Gasteiger partial charge < -0.3 is 10.6 Å². The van der Waals surface area contributed by atoms with Crippen molar-refractivity contribution in [3.8, 4) is 0 Å². The van der Waals surface area contributed by atoms with Crippen molar-refractivity contribution in [2.24, 2.45) is 5.73 Å². The van der Waals surface area contributed by atoms with Gasteiger partial charge in [0.2, 0.25) is 0 Å². The van der Waals surface area contributed by atoms with Crippen LogP contribution in [0.5, 0.6) is 0 Å². The molecule has 0 rings (SSSR count). The highest BCUT2D eigenvalue weighted by atomic mass is 31.2. The van der Waals surface area contributed by atoms with Crippen molar-refractivity contribution >= 4 is 7.82 Å². The van der Waals surface area contributed by atoms with Crippen LogP contribution < -0.4 is 5.73 Å². The predicted molar refractivity (Wildman–Crippen MR) is 110 cm³/mol. The molecular weight excluding hydrogens is 349 g/mol. The Hall–Kier alpha value is -0.450. The zero-order valence-electron chi connectivity index (χ0n) is 16.6. The van der Waals surface area contributed by atoms with Gasteiger partial charge in [0.1, 0.15) is 0 Å². The molecule has 3 N–H and O–H groups in total. The average molecular weight is 390 g/mol. The number of hydrogen-bond acceptors (Lipinski definition) is 4. The van der Waals surface area contributed by atoms with E-state index in [0.717, 1.165) is 32.1 Å². The molecule has 154 valence electrons. The Labute approximate surface area is 160 Å². The van der Waals surface area contributed by atoms with E-state index in [1.165, 1.54) is 44.9 Å². The van der Waals surface area contributed by atoms with Crippen molar-refractivity contribution < 1.29 is 18.5 Å². The van der Waals surface area contributed by atoms with Gasteiger partial charge in [-0.15, -0.1) is 0 Å². The third kappa shape index (κ3) is 19.9. The Balaban J connectivity index is 3.31. The third-order valence-electron chi connectivity index (χ3n) is 3.97. The standard InChI is InChI=1S/C20H40NO4P/c1-2-3-4-5-6-7-8-9-10-11-12-13-14-15-16-17-19-24-26(22,23)25-20-18-21/h6-7,9-10H,2-5,8,11-21H2,1H3,(H,22,23)/b7-6-,10-9-. The molecule has 0 amide bonds. The predicted octanol–water partition coefficient (Wildman–Crippen LogP) is 5.89. The summed E-state index contributed by atoms with van der Waals surface area (Å²) in [7, 11) is -3.89. The number of allylic oxidation sites excluding steroid dienone is 4. The molecular formula is C20H40NO4P. The minimum Gasteiger partial charge on any atom is -0.328 e. The van der Waals surface area contributed by atoms with Crippen LogP contribution in [0.3, 0.4) is 0 Å². The van der Waals surface area contributed by atoms with Gasteiger partial charge >= 0.3 is 7.82 Å². The van der Waals surface area contributed by atoms with E-state index in [9.17, 15) is 9.46 Å². The Morgan fingerprint density at radius 1 is 0.808 bits per heavy atom. The van der Waals surface area contributed by atoms with E-state index in [4.69, 9.17) is 10.3 Å². The fourth-order valence-electron chi connectivity index (χ4n) is 2.48. The van der Waals surface area contributed by atoms with Gasteiger partial charge in [0, 0.05) is 6.54 Å². The summed E-state index contributed by atoms with van der Waals surface area (Å²) in [6, 6.07) is 0. The van der Waals surface area contributed by atoms with Crippen LogP contribution in [0.2, 0.25) is 0 Å². The summed E-state index contributed by atoms with van der Waals surface area (Å²) in [4.78, 5) is 9.32. The maximum absolute atomic E-state index is 11.4. The number of hydrogen-bond donors (Lipinski definition) is 2. The van der Waals surface area contributed by atoms with Gasteiger partial charge in [-0.1, -0.05) is 69.8 Å². The lowest BCUT2D eigenvalue weighted by Crippen LogP contribution is -2.08. The number of phosphoric ester groups is 1. The molecule has 0 aliphatic rings. The van der Waals surface area contributed by atoms with Gasteiger partial charge in [-0.2, -0.15) is 0 Å². The van der Waals surface area contributed by atoms with Gasteiger partial charge in [0.05, 0.1) is 13.2 Å². The summed E-state index contributed by atoms with van der Waals surface area (Å²) in [5.41, 5.74) is 5.21. The van der Waals surface area contributed by atoms with E-state index < -0.39 is 7.82 Å². The van der Waals surface area contributed by atoms with Crippen LogP contribution in [0, 0.1) is 0 Å². The lowest BCUT2D eigenvalue weighted by Gasteiger charge is -2.11. The largest absolute Gasteiger partial charge is 0.472 e. The molecule has 0 saturated carbocycles. The van der Waals surface area contributed by atoms with Crippen LogP contribution in [0.4, 0.5) is 0 Å². The second-order valence-corrected chi connectivity index (χ2v) is 7.96. The molecule has 6 heteroatoms. The molecule has 0 aromatic heterocycles. The van der Waals surface area contributed by atoms with Crippen LogP contribution >= 0.6 is 7.82 Å². The number of nitrogens with two attached hydrogens (primary N) is 1. The molecule has 1 unspecified atom stereocenters. The van der Waals surface area contributed by atoms with Crippen LogP contribution in [0.1, 0.15) is 84.0 Å². The molecule has 0 aromatic carbocycles. The van der Waals surface area contributed by atoms with Crippen LogP contribution in [-0.4, -0.2) is 24.7 Å². The molecule has 0 radical (unpaired) electrons. The zero-order valence-corrected chi connectivity index (χ0v) is 17.5. The normalized spacial score (nSPS) is 14.4. The van der Waals surface area contributed by atoms with Crippen LogP contribution in [0.25, 0.3) is 0 Å². The highest BCUT2D eigenvalue weighted by Gasteiger charge is 2.19. The van der Waals surface area contributed by atoms with Crippen LogP contribution in [0.15, 0.2) is 24.3 Å². The van der Waals surface area contributed by atoms with E-state index in [0.29, 0.717) is 0 Å². The molecule has 0 aliphatic heterocycles. The van der Waals surface area contributed by atoms with Crippen molar-refractivity contribution in [3.05, 3.63) is 24.3 Å². The zero-order chi connectivity index (χ0) is 19.3. The first-order chi connectivity index (χ1) is 12.6. The Kier molecular flexibility index (Phi) is 19.0. The summed E-state index contributed by atoms with van der Waals surface area (Å²) in [5.74, 6) is 0. The highest BCUT2D eigenvalue weighted by molar-refractivity contribution is 7.47. The fraction of sp³-hybridized carbons (Fsp3) is 0.800.